The van der Waals surface area contributed by atoms with Crippen LogP contribution in [-0.2, 0) is 0 Å². The summed E-state index contributed by atoms with van der Waals surface area (Å²) in [4.78, 5) is 10.3. The minimum atomic E-state index is 0.640. The molecular weight excluding hydrogens is 550 g/mol. The highest BCUT2D eigenvalue weighted by Gasteiger charge is 2.17. The molecule has 9 aromatic rings. The van der Waals surface area contributed by atoms with E-state index in [0.29, 0.717) is 5.56 Å². The summed E-state index contributed by atoms with van der Waals surface area (Å²) in [7, 11) is 0. The number of hydrogen-bond donors (Lipinski definition) is 0. The van der Waals surface area contributed by atoms with Gasteiger partial charge in [0.1, 0.15) is 11.2 Å². The van der Waals surface area contributed by atoms with E-state index in [1.165, 1.54) is 0 Å². The number of fused-ring (bicyclic) bond motifs is 8. The molecule has 0 aliphatic heterocycles. The second-order valence-corrected chi connectivity index (χ2v) is 11.3. The van der Waals surface area contributed by atoms with Gasteiger partial charge in [-0.2, -0.15) is 5.26 Å². The molecule has 0 bridgehead atoms. The molecule has 0 unspecified atom stereocenters. The maximum atomic E-state index is 9.98. The van der Waals surface area contributed by atoms with Crippen LogP contribution in [0.4, 0.5) is 0 Å². The van der Waals surface area contributed by atoms with Crippen LogP contribution in [-0.4, -0.2) is 9.97 Å². The molecule has 0 amide bonds. The number of benzene rings is 6. The van der Waals surface area contributed by atoms with Crippen LogP contribution < -0.4 is 0 Å². The summed E-state index contributed by atoms with van der Waals surface area (Å²) in [6.45, 7) is 0. The second-order valence-electron chi connectivity index (χ2n) is 11.3. The molecule has 0 saturated carbocycles. The molecule has 0 atom stereocenters. The van der Waals surface area contributed by atoms with Crippen molar-refractivity contribution in [2.45, 2.75) is 0 Å². The zero-order valence-corrected chi connectivity index (χ0v) is 24.0. The largest absolute Gasteiger partial charge is 0.455 e. The van der Waals surface area contributed by atoms with Gasteiger partial charge < -0.3 is 4.42 Å². The van der Waals surface area contributed by atoms with Crippen LogP contribution in [0.15, 0.2) is 144 Å². The van der Waals surface area contributed by atoms with Gasteiger partial charge in [-0.05, 0) is 41.5 Å². The van der Waals surface area contributed by atoms with Crippen molar-refractivity contribution in [1.29, 1.82) is 5.26 Å². The van der Waals surface area contributed by atoms with Crippen LogP contribution >= 0.6 is 0 Å². The zero-order valence-electron chi connectivity index (χ0n) is 24.0. The molecule has 4 heteroatoms. The van der Waals surface area contributed by atoms with Crippen molar-refractivity contribution in [3.8, 4) is 39.7 Å². The van der Waals surface area contributed by atoms with E-state index in [9.17, 15) is 5.26 Å². The Hall–Kier alpha value is -6.31. The first-order valence-corrected chi connectivity index (χ1v) is 14.9. The summed E-state index contributed by atoms with van der Waals surface area (Å²) >= 11 is 0. The van der Waals surface area contributed by atoms with Gasteiger partial charge in [0, 0.05) is 43.4 Å². The third-order valence-corrected chi connectivity index (χ3v) is 8.68. The monoisotopic (exact) mass is 573 g/mol. The van der Waals surface area contributed by atoms with Crippen LogP contribution in [0, 0.1) is 11.3 Å². The van der Waals surface area contributed by atoms with Gasteiger partial charge in [-0.25, -0.2) is 9.97 Å². The first-order chi connectivity index (χ1) is 22.2. The SMILES string of the molecule is N#Cc1cc2c(oc3cccc(-c4cccc(-c5ccc6ccc7ccc(-c8ccccc8)nc7c6n5)c4)c32)c2ccccc12. The Morgan fingerprint density at radius 1 is 0.511 bits per heavy atom. The maximum absolute atomic E-state index is 9.98. The summed E-state index contributed by atoms with van der Waals surface area (Å²) < 4.78 is 6.44. The van der Waals surface area contributed by atoms with E-state index in [1.54, 1.807) is 0 Å². The fourth-order valence-corrected chi connectivity index (χ4v) is 6.53. The average molecular weight is 574 g/mol. The van der Waals surface area contributed by atoms with E-state index in [1.807, 2.05) is 60.7 Å². The lowest BCUT2D eigenvalue weighted by Crippen LogP contribution is -1.91. The van der Waals surface area contributed by atoms with Crippen LogP contribution in [0.3, 0.4) is 0 Å². The number of nitrogens with zero attached hydrogens (tertiary/aromatic N) is 3. The number of rotatable bonds is 3. The van der Waals surface area contributed by atoms with Crippen LogP contribution in [0.2, 0.25) is 0 Å². The van der Waals surface area contributed by atoms with Crippen molar-refractivity contribution in [2.75, 3.05) is 0 Å². The van der Waals surface area contributed by atoms with Crippen molar-refractivity contribution in [3.05, 3.63) is 145 Å². The van der Waals surface area contributed by atoms with Crippen molar-refractivity contribution in [3.63, 3.8) is 0 Å². The second kappa shape index (κ2) is 9.87. The molecule has 0 spiro atoms. The van der Waals surface area contributed by atoms with Crippen molar-refractivity contribution in [1.82, 2.24) is 9.97 Å². The molecule has 6 aromatic carbocycles. The molecule has 3 aromatic heterocycles. The fraction of sp³-hybridized carbons (Fsp3) is 0. The van der Waals surface area contributed by atoms with Crippen molar-refractivity contribution >= 4 is 54.5 Å². The van der Waals surface area contributed by atoms with Crippen molar-refractivity contribution < 1.29 is 4.42 Å². The molecule has 0 fully saturated rings. The van der Waals surface area contributed by atoms with E-state index in [4.69, 9.17) is 14.4 Å². The average Bonchev–Trinajstić information content (AvgIpc) is 3.50. The van der Waals surface area contributed by atoms with E-state index in [-0.39, 0.29) is 0 Å². The Morgan fingerprint density at radius 2 is 1.13 bits per heavy atom. The molecule has 45 heavy (non-hydrogen) atoms. The molecule has 0 radical (unpaired) electrons. The highest BCUT2D eigenvalue weighted by atomic mass is 16.3. The first-order valence-electron chi connectivity index (χ1n) is 14.9. The zero-order chi connectivity index (χ0) is 29.9. The molecule has 4 nitrogen and oxygen atoms in total. The molecular formula is C41H23N3O. The Kier molecular flexibility index (Phi) is 5.53. The maximum Gasteiger partial charge on any atom is 0.143 e. The Morgan fingerprint density at radius 3 is 1.89 bits per heavy atom. The van der Waals surface area contributed by atoms with Gasteiger partial charge in [0.25, 0.3) is 0 Å². The quantitative estimate of drug-likeness (QED) is 0.197. The summed E-state index contributed by atoms with van der Waals surface area (Å²) in [6.07, 6.45) is 0. The predicted molar refractivity (Wildman–Crippen MR) is 183 cm³/mol. The summed E-state index contributed by atoms with van der Waals surface area (Å²) in [5.74, 6) is 0. The smallest absolute Gasteiger partial charge is 0.143 e. The van der Waals surface area contributed by atoms with E-state index < -0.39 is 0 Å². The van der Waals surface area contributed by atoms with Crippen LogP contribution in [0.5, 0.6) is 0 Å². The van der Waals surface area contributed by atoms with E-state index in [0.717, 1.165) is 88.2 Å². The number of furan rings is 1. The van der Waals surface area contributed by atoms with Gasteiger partial charge in [-0.1, -0.05) is 109 Å². The normalized spacial score (nSPS) is 11.5. The number of hydrogen-bond acceptors (Lipinski definition) is 4. The van der Waals surface area contributed by atoms with Gasteiger partial charge >= 0.3 is 0 Å². The number of aromatic nitrogens is 2. The van der Waals surface area contributed by atoms with E-state index in [2.05, 4.69) is 84.9 Å². The third kappa shape index (κ3) is 3.99. The van der Waals surface area contributed by atoms with Gasteiger partial charge in [-0.3, -0.25) is 0 Å². The molecule has 208 valence electrons. The first kappa shape index (κ1) is 25.2. The molecule has 0 aliphatic rings. The molecule has 0 saturated heterocycles. The predicted octanol–water partition coefficient (Wildman–Crippen LogP) is 10.7. The Labute approximate surface area is 258 Å². The van der Waals surface area contributed by atoms with Crippen LogP contribution in [0.25, 0.3) is 88.2 Å². The van der Waals surface area contributed by atoms with Crippen molar-refractivity contribution in [2.24, 2.45) is 0 Å². The van der Waals surface area contributed by atoms with Gasteiger partial charge in [0.05, 0.1) is 34.1 Å². The Bertz CT molecular complexity index is 2660. The highest BCUT2D eigenvalue weighted by Crippen LogP contribution is 2.41. The van der Waals surface area contributed by atoms with E-state index >= 15 is 0 Å². The summed E-state index contributed by atoms with van der Waals surface area (Å²) in [6, 6.07) is 49.8. The third-order valence-electron chi connectivity index (χ3n) is 8.68. The molecule has 0 aliphatic carbocycles. The van der Waals surface area contributed by atoms with Gasteiger partial charge in [0.2, 0.25) is 0 Å². The molecule has 9 rings (SSSR count). The standard InChI is InChI=1S/C41H23N3O/c42-24-30-23-34-38-32(14-7-15-37(38)45-41(34)33-13-5-4-12-31(30)33)28-10-6-11-29(22-28)36-21-19-27-17-16-26-18-20-35(25-8-2-1-3-9-25)43-39(26)40(27)44-36/h1-23H. The minimum absolute atomic E-state index is 0.640. The lowest BCUT2D eigenvalue weighted by molar-refractivity contribution is 0.673. The molecule has 0 N–H and O–H groups in total. The Balaban J connectivity index is 1.22. The van der Waals surface area contributed by atoms with Gasteiger partial charge in [-0.15, -0.1) is 0 Å². The topological polar surface area (TPSA) is 62.7 Å². The highest BCUT2D eigenvalue weighted by molar-refractivity contribution is 6.20. The number of nitriles is 1. The van der Waals surface area contributed by atoms with Crippen LogP contribution in [0.1, 0.15) is 5.56 Å². The molecule has 3 heterocycles. The fourth-order valence-electron chi connectivity index (χ4n) is 6.53. The minimum Gasteiger partial charge on any atom is -0.455 e. The lowest BCUT2D eigenvalue weighted by atomic mass is 9.95. The lowest BCUT2D eigenvalue weighted by Gasteiger charge is -2.10. The summed E-state index contributed by atoms with van der Waals surface area (Å²) in [5.41, 5.74) is 10.0. The number of pyridine rings is 2. The van der Waals surface area contributed by atoms with Gasteiger partial charge in [0.15, 0.2) is 0 Å². The summed E-state index contributed by atoms with van der Waals surface area (Å²) in [5, 5.41) is 15.9.